The molecule has 184 valence electrons. The molecule has 8 nitrogen and oxygen atoms in total. The van der Waals surface area contributed by atoms with Crippen LogP contribution in [0.15, 0.2) is 24.3 Å². The van der Waals surface area contributed by atoms with Gasteiger partial charge in [0.05, 0.1) is 25.4 Å². The van der Waals surface area contributed by atoms with Gasteiger partial charge in [-0.3, -0.25) is 0 Å². The summed E-state index contributed by atoms with van der Waals surface area (Å²) in [7, 11) is -0.621. The van der Waals surface area contributed by atoms with Crippen LogP contribution in [0.4, 0.5) is 4.79 Å². The van der Waals surface area contributed by atoms with Gasteiger partial charge in [-0.1, -0.05) is 24.3 Å². The summed E-state index contributed by atoms with van der Waals surface area (Å²) in [6.07, 6.45) is 7.13. The van der Waals surface area contributed by atoms with E-state index in [2.05, 4.69) is 29.0 Å². The number of ether oxygens (including phenoxy) is 2. The minimum absolute atomic E-state index is 0.129. The zero-order valence-corrected chi connectivity index (χ0v) is 20.6. The topological polar surface area (TPSA) is 88.2 Å². The molecule has 1 aromatic rings. The van der Waals surface area contributed by atoms with Crippen molar-refractivity contribution in [3.8, 4) is 0 Å². The molecule has 1 aromatic carbocycles. The Bertz CT molecular complexity index is 914. The molecule has 1 saturated heterocycles. The second-order valence-electron chi connectivity index (χ2n) is 9.68. The highest BCUT2D eigenvalue weighted by Gasteiger charge is 2.41. The largest absolute Gasteiger partial charge is 0.449 e. The number of hydrogen-bond acceptors (Lipinski definition) is 5. The summed E-state index contributed by atoms with van der Waals surface area (Å²) in [5, 5.41) is 0. The molecule has 5 rings (SSSR count). The molecule has 3 aliphatic heterocycles. The van der Waals surface area contributed by atoms with Crippen LogP contribution in [0.3, 0.4) is 0 Å². The van der Waals surface area contributed by atoms with Crippen LogP contribution in [0, 0.1) is 0 Å². The molecule has 4 aliphatic rings. The zero-order chi connectivity index (χ0) is 23.4. The van der Waals surface area contributed by atoms with Crippen LogP contribution in [0.5, 0.6) is 0 Å². The van der Waals surface area contributed by atoms with Crippen LogP contribution in [-0.4, -0.2) is 75.8 Å². The number of carbonyl (C=O) groups is 1. The number of rotatable bonds is 3. The van der Waals surface area contributed by atoms with E-state index in [1.54, 1.807) is 4.90 Å². The fourth-order valence-corrected chi connectivity index (χ4v) is 6.06. The van der Waals surface area contributed by atoms with Gasteiger partial charge in [-0.05, 0) is 68.4 Å². The first-order chi connectivity index (χ1) is 15.8. The second kappa shape index (κ2) is 10.7. The lowest BCUT2D eigenvalue weighted by atomic mass is 9.82. The Balaban J connectivity index is 1.49. The molecule has 9 heteroatoms. The minimum Gasteiger partial charge on any atom is -0.449 e. The van der Waals surface area contributed by atoms with E-state index in [9.17, 15) is 13.2 Å². The van der Waals surface area contributed by atoms with Crippen LogP contribution in [0.2, 0.25) is 0 Å². The Morgan fingerprint density at radius 1 is 1.09 bits per heavy atom. The molecule has 1 N–H and O–H groups in total. The van der Waals surface area contributed by atoms with Crippen molar-refractivity contribution in [2.24, 2.45) is 0 Å². The number of carbonyl (C=O) groups excluding carboxylic acids is 1. The van der Waals surface area contributed by atoms with Crippen LogP contribution in [0.1, 0.15) is 62.0 Å². The number of amides is 1. The van der Waals surface area contributed by atoms with Crippen molar-refractivity contribution >= 4 is 16.3 Å². The first-order valence-corrected chi connectivity index (χ1v) is 13.6. The summed E-state index contributed by atoms with van der Waals surface area (Å²) in [5.41, 5.74) is 2.76. The molecule has 1 saturated carbocycles. The van der Waals surface area contributed by atoms with Crippen LogP contribution < -0.4 is 4.72 Å². The SMILES string of the molecule is CN(C)S(=O)(=O)NC1CCN2C(=O)OCCCCc3cccc(c3)C3CCC(CC3)OC[C@@H]12. The van der Waals surface area contributed by atoms with Gasteiger partial charge in [-0.25, -0.2) is 4.79 Å². The van der Waals surface area contributed by atoms with E-state index >= 15 is 0 Å². The molecule has 2 fully saturated rings. The summed E-state index contributed by atoms with van der Waals surface area (Å²) in [6.45, 7) is 1.12. The fraction of sp³-hybridized carbons (Fsp3) is 0.708. The maximum Gasteiger partial charge on any atom is 0.410 e. The van der Waals surface area contributed by atoms with Crippen molar-refractivity contribution in [3.63, 3.8) is 0 Å². The third-order valence-electron chi connectivity index (χ3n) is 7.25. The standard InChI is InChI=1S/C24H37N3O5S/c1-26(2)33(29,30)25-22-13-14-27-23(22)17-32-21-11-9-19(10-12-21)20-8-5-7-18(16-20)6-3-4-15-31-24(27)28/h5,7-8,16,19,21-23,25H,3-4,6,9-15,17H2,1-2H3/t19?,21?,22?,23-/m0/s1. The Labute approximate surface area is 197 Å². The fourth-order valence-electron chi connectivity index (χ4n) is 5.19. The minimum atomic E-state index is -3.61. The molecule has 1 aliphatic carbocycles. The number of aryl methyl sites for hydroxylation is 1. The summed E-state index contributed by atoms with van der Waals surface area (Å²) < 4.78 is 40.7. The van der Waals surface area contributed by atoms with Crippen molar-refractivity contribution in [2.45, 2.75) is 75.5 Å². The molecule has 0 radical (unpaired) electrons. The highest BCUT2D eigenvalue weighted by atomic mass is 32.2. The Hall–Kier alpha value is -1.68. The smallest absolute Gasteiger partial charge is 0.410 e. The normalized spacial score (nSPS) is 29.5. The van der Waals surface area contributed by atoms with Gasteiger partial charge in [0.15, 0.2) is 0 Å². The monoisotopic (exact) mass is 479 g/mol. The number of benzene rings is 1. The number of fused-ring (bicyclic) bond motifs is 8. The molecular formula is C24H37N3O5S. The Kier molecular flexibility index (Phi) is 7.94. The van der Waals surface area contributed by atoms with Crippen LogP contribution >= 0.6 is 0 Å². The van der Waals surface area contributed by atoms with Crippen LogP contribution in [0.25, 0.3) is 0 Å². The number of nitrogens with one attached hydrogen (secondary N) is 1. The van der Waals surface area contributed by atoms with Crippen molar-refractivity contribution < 1.29 is 22.7 Å². The molecule has 3 heterocycles. The van der Waals surface area contributed by atoms with Gasteiger partial charge in [-0.15, -0.1) is 0 Å². The maximum absolute atomic E-state index is 12.9. The third kappa shape index (κ3) is 6.07. The molecule has 33 heavy (non-hydrogen) atoms. The molecule has 4 bridgehead atoms. The Morgan fingerprint density at radius 2 is 1.88 bits per heavy atom. The van der Waals surface area contributed by atoms with Crippen LogP contribution in [-0.2, 0) is 26.1 Å². The van der Waals surface area contributed by atoms with Gasteiger partial charge in [0.1, 0.15) is 0 Å². The van der Waals surface area contributed by atoms with E-state index in [1.165, 1.54) is 25.2 Å². The van der Waals surface area contributed by atoms with E-state index in [4.69, 9.17) is 9.47 Å². The van der Waals surface area contributed by atoms with E-state index in [1.807, 2.05) is 0 Å². The molecule has 1 unspecified atom stereocenters. The summed E-state index contributed by atoms with van der Waals surface area (Å²) in [5.74, 6) is 0.563. The van der Waals surface area contributed by atoms with Gasteiger partial charge in [0, 0.05) is 26.7 Å². The first kappa shape index (κ1) is 24.4. The molecule has 0 aromatic heterocycles. The predicted molar refractivity (Wildman–Crippen MR) is 126 cm³/mol. The van der Waals surface area contributed by atoms with E-state index < -0.39 is 16.3 Å². The van der Waals surface area contributed by atoms with Gasteiger partial charge >= 0.3 is 6.09 Å². The first-order valence-electron chi connectivity index (χ1n) is 12.2. The van der Waals surface area contributed by atoms with Crippen molar-refractivity contribution in [1.29, 1.82) is 0 Å². The zero-order valence-electron chi connectivity index (χ0n) is 19.7. The van der Waals surface area contributed by atoms with Gasteiger partial charge < -0.3 is 14.4 Å². The number of nitrogens with zero attached hydrogens (tertiary/aromatic N) is 2. The quantitative estimate of drug-likeness (QED) is 0.720. The molecular weight excluding hydrogens is 442 g/mol. The van der Waals surface area contributed by atoms with E-state index in [0.29, 0.717) is 32.1 Å². The average Bonchev–Trinajstić information content (AvgIpc) is 3.19. The van der Waals surface area contributed by atoms with Crippen molar-refractivity contribution in [2.75, 3.05) is 33.9 Å². The molecule has 2 atom stereocenters. The summed E-state index contributed by atoms with van der Waals surface area (Å²) in [6, 6.07) is 8.14. The second-order valence-corrected chi connectivity index (χ2v) is 11.6. The summed E-state index contributed by atoms with van der Waals surface area (Å²) in [4.78, 5) is 14.5. The Morgan fingerprint density at radius 3 is 2.64 bits per heavy atom. The van der Waals surface area contributed by atoms with Gasteiger partial charge in [0.25, 0.3) is 10.2 Å². The lowest BCUT2D eigenvalue weighted by Crippen LogP contribution is -2.51. The predicted octanol–water partition coefficient (Wildman–Crippen LogP) is 3.04. The van der Waals surface area contributed by atoms with Gasteiger partial charge in [0.2, 0.25) is 0 Å². The maximum atomic E-state index is 12.9. The van der Waals surface area contributed by atoms with E-state index in [0.717, 1.165) is 49.3 Å². The van der Waals surface area contributed by atoms with E-state index in [-0.39, 0.29) is 18.2 Å². The molecule has 0 spiro atoms. The highest BCUT2D eigenvalue weighted by molar-refractivity contribution is 7.87. The summed E-state index contributed by atoms with van der Waals surface area (Å²) >= 11 is 0. The number of hydrogen-bond donors (Lipinski definition) is 1. The molecule has 1 amide bonds. The lowest BCUT2D eigenvalue weighted by molar-refractivity contribution is -0.00699. The average molecular weight is 480 g/mol. The van der Waals surface area contributed by atoms with Crippen molar-refractivity contribution in [1.82, 2.24) is 13.9 Å². The lowest BCUT2D eigenvalue weighted by Gasteiger charge is -2.33. The van der Waals surface area contributed by atoms with Crippen molar-refractivity contribution in [3.05, 3.63) is 35.4 Å². The highest BCUT2D eigenvalue weighted by Crippen LogP contribution is 2.35. The van der Waals surface area contributed by atoms with Gasteiger partial charge in [-0.2, -0.15) is 17.4 Å². The third-order valence-corrected chi connectivity index (χ3v) is 8.81.